The number of halogens is 2. The largest absolute Gasteiger partial charge is 0.272 e. The fourth-order valence-corrected chi connectivity index (χ4v) is 4.67. The monoisotopic (exact) mass is 493 g/mol. The summed E-state index contributed by atoms with van der Waals surface area (Å²) in [4.78, 5) is 9.11. The normalized spacial score (nSPS) is 12.3. The molecule has 130 valence electrons. The van der Waals surface area contributed by atoms with Crippen LogP contribution in [-0.4, -0.2) is 45.5 Å². The van der Waals surface area contributed by atoms with Gasteiger partial charge in [0.05, 0.1) is 14.7 Å². The zero-order valence-electron chi connectivity index (χ0n) is 11.5. The minimum absolute atomic E-state index is 0.0505. The van der Waals surface area contributed by atoms with Gasteiger partial charge in [-0.05, 0) is 6.07 Å². The van der Waals surface area contributed by atoms with Crippen molar-refractivity contribution in [3.63, 3.8) is 0 Å². The van der Waals surface area contributed by atoms with Crippen molar-refractivity contribution in [2.75, 3.05) is 23.7 Å². The Morgan fingerprint density at radius 3 is 1.61 bits per heavy atom. The maximum atomic E-state index is 12.1. The molecule has 0 fully saturated rings. The van der Waals surface area contributed by atoms with E-state index in [1.165, 1.54) is 0 Å². The van der Waals surface area contributed by atoms with E-state index in [0.717, 1.165) is 18.2 Å². The molecule has 9 nitrogen and oxygen atoms in total. The Morgan fingerprint density at radius 1 is 0.913 bits per heavy atom. The van der Waals surface area contributed by atoms with E-state index in [0.29, 0.717) is 10.7 Å². The van der Waals surface area contributed by atoms with E-state index in [1.807, 2.05) is 0 Å². The lowest BCUT2D eigenvalue weighted by Gasteiger charge is -2.09. The van der Waals surface area contributed by atoms with Gasteiger partial charge in [-0.25, -0.2) is 26.3 Å². The lowest BCUT2D eigenvalue weighted by atomic mass is 10.3. The maximum Gasteiger partial charge on any atom is 0.272 e. The van der Waals surface area contributed by atoms with Gasteiger partial charge in [-0.15, -0.1) is 0 Å². The number of alkyl halides is 2. The highest BCUT2D eigenvalue weighted by Gasteiger charge is 2.24. The molecule has 23 heavy (non-hydrogen) atoms. The second kappa shape index (κ2) is 8.48. The number of rotatable bonds is 9. The van der Waals surface area contributed by atoms with Crippen molar-refractivity contribution in [1.82, 2.24) is 9.44 Å². The molecule has 0 amide bonds. The molecule has 0 aliphatic carbocycles. The van der Waals surface area contributed by atoms with Crippen LogP contribution in [0.5, 0.6) is 0 Å². The van der Waals surface area contributed by atoms with Crippen LogP contribution in [-0.2, 0) is 20.0 Å². The number of benzene rings is 1. The minimum atomic E-state index is -4.07. The van der Waals surface area contributed by atoms with Crippen molar-refractivity contribution in [1.29, 1.82) is 0 Å². The highest BCUT2D eigenvalue weighted by atomic mass is 79.9. The fraction of sp³-hybridized carbons (Fsp3) is 0.400. The number of non-ortho nitro benzene ring substituents is 1. The van der Waals surface area contributed by atoms with E-state index in [9.17, 15) is 26.9 Å². The molecule has 0 heterocycles. The van der Waals surface area contributed by atoms with Crippen molar-refractivity contribution in [2.45, 2.75) is 9.79 Å². The smallest absolute Gasteiger partial charge is 0.258 e. The van der Waals surface area contributed by atoms with E-state index in [-0.39, 0.29) is 13.1 Å². The summed E-state index contributed by atoms with van der Waals surface area (Å²) in [5.74, 6) is 0. The molecule has 0 aromatic heterocycles. The van der Waals surface area contributed by atoms with E-state index < -0.39 is 40.4 Å². The highest BCUT2D eigenvalue weighted by Crippen LogP contribution is 2.23. The molecular formula is C10H13Br2N3O6S2. The Hall–Kier alpha value is -0.600. The lowest BCUT2D eigenvalue weighted by Crippen LogP contribution is -2.28. The van der Waals surface area contributed by atoms with E-state index in [4.69, 9.17) is 0 Å². The molecule has 0 aliphatic heterocycles. The van der Waals surface area contributed by atoms with Crippen LogP contribution in [0.25, 0.3) is 0 Å². The third-order valence-electron chi connectivity index (χ3n) is 2.47. The van der Waals surface area contributed by atoms with E-state index >= 15 is 0 Å². The molecule has 1 aromatic carbocycles. The molecule has 0 unspecified atom stereocenters. The van der Waals surface area contributed by atoms with Crippen LogP contribution in [0.1, 0.15) is 0 Å². The summed E-state index contributed by atoms with van der Waals surface area (Å²) in [7, 11) is -8.14. The first-order chi connectivity index (χ1) is 10.6. The van der Waals surface area contributed by atoms with Crippen molar-refractivity contribution >= 4 is 57.6 Å². The molecular weight excluding hydrogens is 482 g/mol. The quantitative estimate of drug-likeness (QED) is 0.298. The van der Waals surface area contributed by atoms with Crippen LogP contribution in [0.2, 0.25) is 0 Å². The van der Waals surface area contributed by atoms with Gasteiger partial charge in [-0.3, -0.25) is 10.1 Å². The maximum absolute atomic E-state index is 12.1. The van der Waals surface area contributed by atoms with Gasteiger partial charge in [-0.2, -0.15) is 0 Å². The molecule has 0 aliphatic rings. The molecule has 2 N–H and O–H groups in total. The number of nitrogens with zero attached hydrogens (tertiary/aromatic N) is 1. The molecule has 0 bridgehead atoms. The van der Waals surface area contributed by atoms with Crippen LogP contribution >= 0.6 is 31.9 Å². The number of nitro benzene ring substituents is 1. The minimum Gasteiger partial charge on any atom is -0.258 e. The molecule has 1 aromatic rings. The SMILES string of the molecule is O=[N+]([O-])c1cc(S(=O)(=O)NCCBr)cc(S(=O)(=O)NCCBr)c1. The van der Waals surface area contributed by atoms with Crippen molar-refractivity contribution in [3.05, 3.63) is 28.3 Å². The van der Waals surface area contributed by atoms with Gasteiger partial charge in [0.2, 0.25) is 20.0 Å². The topological polar surface area (TPSA) is 135 Å². The number of hydrogen-bond donors (Lipinski definition) is 2. The molecule has 0 saturated heterocycles. The first-order valence-corrected chi connectivity index (χ1v) is 11.3. The van der Waals surface area contributed by atoms with Gasteiger partial charge in [0.1, 0.15) is 0 Å². The lowest BCUT2D eigenvalue weighted by molar-refractivity contribution is -0.385. The Bertz CT molecular complexity index is 726. The molecule has 0 spiro atoms. The third kappa shape index (κ3) is 5.76. The molecule has 1 rings (SSSR count). The van der Waals surface area contributed by atoms with Crippen molar-refractivity contribution in [2.24, 2.45) is 0 Å². The summed E-state index contributed by atoms with van der Waals surface area (Å²) < 4.78 is 52.7. The van der Waals surface area contributed by atoms with Crippen molar-refractivity contribution in [3.8, 4) is 0 Å². The predicted molar refractivity (Wildman–Crippen MR) is 91.1 cm³/mol. The van der Waals surface area contributed by atoms with Crippen LogP contribution in [0.15, 0.2) is 28.0 Å². The highest BCUT2D eigenvalue weighted by molar-refractivity contribution is 9.09. The second-order valence-electron chi connectivity index (χ2n) is 4.09. The first-order valence-electron chi connectivity index (χ1n) is 6.05. The standard InChI is InChI=1S/C10H13Br2N3O6S2/c11-1-3-13-22(18,19)9-5-8(15(16)17)6-10(7-9)23(20,21)14-4-2-12/h5-7,13-14H,1-4H2. The predicted octanol–water partition coefficient (Wildman–Crippen LogP) is 0.941. The van der Waals surface area contributed by atoms with Crippen molar-refractivity contribution < 1.29 is 21.8 Å². The average Bonchev–Trinajstić information content (AvgIpc) is 2.50. The zero-order valence-corrected chi connectivity index (χ0v) is 16.3. The molecule has 13 heteroatoms. The average molecular weight is 495 g/mol. The third-order valence-corrected chi connectivity index (χ3v) is 6.14. The Labute approximate surface area is 150 Å². The van der Waals surface area contributed by atoms with E-state index in [1.54, 1.807) is 0 Å². The molecule has 0 atom stereocenters. The van der Waals surface area contributed by atoms with Crippen LogP contribution in [0.3, 0.4) is 0 Å². The van der Waals surface area contributed by atoms with E-state index in [2.05, 4.69) is 41.3 Å². The summed E-state index contributed by atoms with van der Waals surface area (Å²) in [5, 5.41) is 11.6. The Kier molecular flexibility index (Phi) is 7.54. The summed E-state index contributed by atoms with van der Waals surface area (Å²) in [6, 6.07) is 2.49. The van der Waals surface area contributed by atoms with Gasteiger partial charge < -0.3 is 0 Å². The number of nitro groups is 1. The number of nitrogens with one attached hydrogen (secondary N) is 2. The summed E-state index contributed by atoms with van der Waals surface area (Å²) in [5.41, 5.74) is -0.633. The zero-order chi connectivity index (χ0) is 17.7. The van der Waals surface area contributed by atoms with Gasteiger partial charge in [0.25, 0.3) is 5.69 Å². The fourth-order valence-electron chi connectivity index (χ4n) is 1.48. The van der Waals surface area contributed by atoms with Gasteiger partial charge >= 0.3 is 0 Å². The number of hydrogen-bond acceptors (Lipinski definition) is 6. The van der Waals surface area contributed by atoms with Gasteiger partial charge in [-0.1, -0.05) is 31.9 Å². The Balaban J connectivity index is 3.42. The van der Waals surface area contributed by atoms with Gasteiger partial charge in [0, 0.05) is 35.9 Å². The second-order valence-corrected chi connectivity index (χ2v) is 9.21. The summed E-state index contributed by atoms with van der Waals surface area (Å²) >= 11 is 6.08. The number of sulfonamides is 2. The van der Waals surface area contributed by atoms with Gasteiger partial charge in [0.15, 0.2) is 0 Å². The molecule has 0 saturated carbocycles. The summed E-state index contributed by atoms with van der Waals surface area (Å²) in [6.07, 6.45) is 0. The van der Waals surface area contributed by atoms with Crippen LogP contribution < -0.4 is 9.44 Å². The van der Waals surface area contributed by atoms with Crippen LogP contribution in [0.4, 0.5) is 5.69 Å². The molecule has 0 radical (unpaired) electrons. The first kappa shape index (κ1) is 20.4. The summed E-state index contributed by atoms with van der Waals surface area (Å²) in [6.45, 7) is 0.101. The van der Waals surface area contributed by atoms with Crippen LogP contribution in [0, 0.1) is 10.1 Å². The Morgan fingerprint density at radius 2 is 1.30 bits per heavy atom.